The van der Waals surface area contributed by atoms with Crippen LogP contribution < -0.4 is 0 Å². The smallest absolute Gasteiger partial charge is 0.0472 e. The molecule has 70 valence electrons. The van der Waals surface area contributed by atoms with E-state index in [-0.39, 0.29) is 0 Å². The fourth-order valence-electron chi connectivity index (χ4n) is 1.41. The van der Waals surface area contributed by atoms with Crippen LogP contribution in [0.2, 0.25) is 0 Å². The van der Waals surface area contributed by atoms with E-state index in [1.807, 2.05) is 24.4 Å². The molecule has 0 aromatic carbocycles. The van der Waals surface area contributed by atoms with Gasteiger partial charge in [-0.1, -0.05) is 31.9 Å². The molecule has 1 rings (SSSR count). The number of nitrogens with zero attached hydrogens (tertiary/aromatic N) is 1. The molecule has 0 aliphatic carbocycles. The number of unbranched alkanes of at least 4 members (excludes halogenated alkanes) is 1. The Kier molecular flexibility index (Phi) is 4.24. The minimum absolute atomic E-state index is 0.432. The monoisotopic (exact) mass is 175 g/mol. The van der Waals surface area contributed by atoms with Crippen LogP contribution in [-0.2, 0) is 0 Å². The fourth-order valence-corrected chi connectivity index (χ4v) is 1.41. The minimum Gasteiger partial charge on any atom is -0.261 e. The summed E-state index contributed by atoms with van der Waals surface area (Å²) in [4.78, 5) is 4.33. The standard InChI is InChI=1S/C12H17N/c1-3-5-8-11(4-2)12-9-6-7-10-13-12/h4,6-7,9-11H,2-3,5,8H2,1H3. The molecule has 1 heteroatoms. The first kappa shape index (κ1) is 9.97. The molecule has 1 nitrogen and oxygen atoms in total. The number of rotatable bonds is 5. The normalized spacial score (nSPS) is 12.4. The number of pyridine rings is 1. The van der Waals surface area contributed by atoms with Gasteiger partial charge in [0.1, 0.15) is 0 Å². The molecule has 1 atom stereocenters. The zero-order chi connectivity index (χ0) is 9.52. The second-order valence-corrected chi connectivity index (χ2v) is 3.24. The molecular weight excluding hydrogens is 158 g/mol. The summed E-state index contributed by atoms with van der Waals surface area (Å²) in [5.41, 5.74) is 1.14. The van der Waals surface area contributed by atoms with E-state index in [0.29, 0.717) is 5.92 Å². The Morgan fingerprint density at radius 2 is 2.38 bits per heavy atom. The van der Waals surface area contributed by atoms with E-state index in [0.717, 1.165) is 12.1 Å². The van der Waals surface area contributed by atoms with Gasteiger partial charge in [-0.3, -0.25) is 4.98 Å². The molecule has 13 heavy (non-hydrogen) atoms. The van der Waals surface area contributed by atoms with Crippen LogP contribution in [0.15, 0.2) is 37.1 Å². The van der Waals surface area contributed by atoms with Crippen LogP contribution in [0.5, 0.6) is 0 Å². The van der Waals surface area contributed by atoms with Crippen LogP contribution in [0.3, 0.4) is 0 Å². The highest BCUT2D eigenvalue weighted by atomic mass is 14.7. The first-order valence-electron chi connectivity index (χ1n) is 4.92. The molecule has 0 aliphatic heterocycles. The molecule has 0 saturated carbocycles. The molecule has 0 fully saturated rings. The third-order valence-electron chi connectivity index (χ3n) is 2.22. The highest BCUT2D eigenvalue weighted by molar-refractivity contribution is 5.14. The van der Waals surface area contributed by atoms with Crippen molar-refractivity contribution in [2.75, 3.05) is 0 Å². The van der Waals surface area contributed by atoms with E-state index in [1.165, 1.54) is 12.8 Å². The van der Waals surface area contributed by atoms with Crippen LogP contribution in [0.4, 0.5) is 0 Å². The van der Waals surface area contributed by atoms with Crippen molar-refractivity contribution >= 4 is 0 Å². The lowest BCUT2D eigenvalue weighted by Crippen LogP contribution is -1.97. The average Bonchev–Trinajstić information content (AvgIpc) is 2.21. The second kappa shape index (κ2) is 5.52. The Morgan fingerprint density at radius 1 is 1.54 bits per heavy atom. The van der Waals surface area contributed by atoms with Crippen LogP contribution >= 0.6 is 0 Å². The van der Waals surface area contributed by atoms with Crippen LogP contribution in [0, 0.1) is 0 Å². The summed E-state index contributed by atoms with van der Waals surface area (Å²) in [7, 11) is 0. The van der Waals surface area contributed by atoms with E-state index in [9.17, 15) is 0 Å². The summed E-state index contributed by atoms with van der Waals surface area (Å²) < 4.78 is 0. The summed E-state index contributed by atoms with van der Waals surface area (Å²) in [6, 6.07) is 6.05. The zero-order valence-corrected chi connectivity index (χ0v) is 8.24. The van der Waals surface area contributed by atoms with Crippen LogP contribution in [-0.4, -0.2) is 4.98 Å². The Labute approximate surface area is 80.5 Å². The first-order valence-corrected chi connectivity index (χ1v) is 4.92. The zero-order valence-electron chi connectivity index (χ0n) is 8.24. The maximum atomic E-state index is 4.33. The second-order valence-electron chi connectivity index (χ2n) is 3.24. The minimum atomic E-state index is 0.432. The molecule has 1 unspecified atom stereocenters. The van der Waals surface area contributed by atoms with Gasteiger partial charge in [0.15, 0.2) is 0 Å². The largest absolute Gasteiger partial charge is 0.261 e. The van der Waals surface area contributed by atoms with Gasteiger partial charge in [-0.2, -0.15) is 0 Å². The first-order chi connectivity index (χ1) is 6.38. The van der Waals surface area contributed by atoms with Crippen LogP contribution in [0.1, 0.15) is 37.8 Å². The van der Waals surface area contributed by atoms with Gasteiger partial charge in [0.25, 0.3) is 0 Å². The molecule has 0 bridgehead atoms. The van der Waals surface area contributed by atoms with E-state index in [1.54, 1.807) is 0 Å². The highest BCUT2D eigenvalue weighted by Crippen LogP contribution is 2.20. The average molecular weight is 175 g/mol. The van der Waals surface area contributed by atoms with Crippen LogP contribution in [0.25, 0.3) is 0 Å². The lowest BCUT2D eigenvalue weighted by atomic mass is 9.98. The molecule has 0 aliphatic rings. The van der Waals surface area contributed by atoms with Crippen molar-refractivity contribution in [1.82, 2.24) is 4.98 Å². The molecule has 0 radical (unpaired) electrons. The van der Waals surface area contributed by atoms with E-state index in [2.05, 4.69) is 24.6 Å². The van der Waals surface area contributed by atoms with E-state index < -0.39 is 0 Å². The number of hydrogen-bond acceptors (Lipinski definition) is 1. The maximum Gasteiger partial charge on any atom is 0.0472 e. The fraction of sp³-hybridized carbons (Fsp3) is 0.417. The van der Waals surface area contributed by atoms with Gasteiger partial charge in [-0.15, -0.1) is 6.58 Å². The van der Waals surface area contributed by atoms with Crippen molar-refractivity contribution in [3.8, 4) is 0 Å². The van der Waals surface area contributed by atoms with Crippen molar-refractivity contribution in [1.29, 1.82) is 0 Å². The number of aromatic nitrogens is 1. The molecular formula is C12H17N. The molecule has 1 aromatic heterocycles. The SMILES string of the molecule is C=CC(CCCC)c1ccccn1. The Hall–Kier alpha value is -1.11. The summed E-state index contributed by atoms with van der Waals surface area (Å²) in [5.74, 6) is 0.432. The molecule has 0 saturated heterocycles. The lowest BCUT2D eigenvalue weighted by molar-refractivity contribution is 0.652. The third-order valence-corrected chi connectivity index (χ3v) is 2.22. The van der Waals surface area contributed by atoms with Crippen molar-refractivity contribution in [3.05, 3.63) is 42.7 Å². The quantitative estimate of drug-likeness (QED) is 0.624. The van der Waals surface area contributed by atoms with Gasteiger partial charge in [-0.25, -0.2) is 0 Å². The molecule has 1 aromatic rings. The topological polar surface area (TPSA) is 12.9 Å². The predicted octanol–water partition coefficient (Wildman–Crippen LogP) is 3.54. The summed E-state index contributed by atoms with van der Waals surface area (Å²) in [6.45, 7) is 6.06. The van der Waals surface area contributed by atoms with Crippen molar-refractivity contribution in [3.63, 3.8) is 0 Å². The summed E-state index contributed by atoms with van der Waals surface area (Å²) in [6.07, 6.45) is 7.48. The summed E-state index contributed by atoms with van der Waals surface area (Å²) in [5, 5.41) is 0. The Balaban J connectivity index is 2.61. The highest BCUT2D eigenvalue weighted by Gasteiger charge is 2.06. The van der Waals surface area contributed by atoms with Crippen molar-refractivity contribution in [2.45, 2.75) is 32.1 Å². The predicted molar refractivity (Wildman–Crippen MR) is 56.7 cm³/mol. The van der Waals surface area contributed by atoms with Crippen molar-refractivity contribution < 1.29 is 0 Å². The third kappa shape index (κ3) is 3.02. The number of allylic oxidation sites excluding steroid dienone is 1. The molecule has 0 N–H and O–H groups in total. The van der Waals surface area contributed by atoms with Crippen molar-refractivity contribution in [2.24, 2.45) is 0 Å². The molecule has 0 spiro atoms. The van der Waals surface area contributed by atoms with Gasteiger partial charge < -0.3 is 0 Å². The Bertz CT molecular complexity index is 241. The van der Waals surface area contributed by atoms with Gasteiger partial charge in [0, 0.05) is 17.8 Å². The van der Waals surface area contributed by atoms with Gasteiger partial charge in [-0.05, 0) is 18.6 Å². The van der Waals surface area contributed by atoms with Gasteiger partial charge >= 0.3 is 0 Å². The lowest BCUT2D eigenvalue weighted by Gasteiger charge is -2.10. The molecule has 1 heterocycles. The van der Waals surface area contributed by atoms with Gasteiger partial charge in [0.2, 0.25) is 0 Å². The van der Waals surface area contributed by atoms with E-state index in [4.69, 9.17) is 0 Å². The maximum absolute atomic E-state index is 4.33. The van der Waals surface area contributed by atoms with Gasteiger partial charge in [0.05, 0.1) is 0 Å². The molecule has 0 amide bonds. The Morgan fingerprint density at radius 3 is 2.92 bits per heavy atom. The summed E-state index contributed by atoms with van der Waals surface area (Å²) >= 11 is 0. The van der Waals surface area contributed by atoms with E-state index >= 15 is 0 Å². The number of hydrogen-bond donors (Lipinski definition) is 0.